The minimum absolute atomic E-state index is 0.183. The molecule has 2 aromatic rings. The standard InChI is InChI=1S/C15H13F3N4O3/c1-9-20-21-13(7-14(23)24)22(9)8-12(19-2)10-3-5-11(6-4-10)25-15(16,17)18/h3-6,8H,2,7H2,1H3,(H,23,24)/b12-8-. The molecular formula is C15H13F3N4O3. The quantitative estimate of drug-likeness (QED) is 0.806. The maximum atomic E-state index is 12.2. The molecule has 0 bridgehead atoms. The number of ether oxygens (including phenoxy) is 1. The van der Waals surface area contributed by atoms with Crippen LogP contribution < -0.4 is 4.74 Å². The molecule has 0 saturated heterocycles. The smallest absolute Gasteiger partial charge is 0.481 e. The number of hydrogen-bond acceptors (Lipinski definition) is 5. The Labute approximate surface area is 140 Å². The fourth-order valence-corrected chi connectivity index (χ4v) is 1.99. The van der Waals surface area contributed by atoms with Crippen molar-refractivity contribution in [1.29, 1.82) is 0 Å². The number of aliphatic imine (C=N–C) groups is 1. The number of halogens is 3. The molecule has 1 aromatic heterocycles. The van der Waals surface area contributed by atoms with Gasteiger partial charge in [0.15, 0.2) is 0 Å². The van der Waals surface area contributed by atoms with Gasteiger partial charge in [-0.15, -0.1) is 23.4 Å². The van der Waals surface area contributed by atoms with E-state index in [0.717, 1.165) is 12.1 Å². The van der Waals surface area contributed by atoms with Gasteiger partial charge in [-0.2, -0.15) is 0 Å². The molecule has 0 atom stereocenters. The lowest BCUT2D eigenvalue weighted by Crippen LogP contribution is -2.17. The van der Waals surface area contributed by atoms with Crippen molar-refractivity contribution >= 4 is 24.6 Å². The maximum Gasteiger partial charge on any atom is 0.573 e. The zero-order valence-corrected chi connectivity index (χ0v) is 13.0. The van der Waals surface area contributed by atoms with E-state index < -0.39 is 12.3 Å². The van der Waals surface area contributed by atoms with Crippen LogP contribution in [0.15, 0.2) is 29.3 Å². The molecular weight excluding hydrogens is 341 g/mol. The van der Waals surface area contributed by atoms with Gasteiger partial charge in [-0.05, 0) is 37.9 Å². The maximum absolute atomic E-state index is 12.2. The number of hydrogen-bond donors (Lipinski definition) is 1. The molecule has 132 valence electrons. The lowest BCUT2D eigenvalue weighted by atomic mass is 10.1. The van der Waals surface area contributed by atoms with Crippen LogP contribution in [-0.4, -0.2) is 38.9 Å². The van der Waals surface area contributed by atoms with Crippen molar-refractivity contribution in [3.8, 4) is 5.75 Å². The molecule has 10 heteroatoms. The number of carboxylic acid groups (broad SMARTS) is 1. The fraction of sp³-hybridized carbons (Fsp3) is 0.200. The minimum Gasteiger partial charge on any atom is -0.481 e. The lowest BCUT2D eigenvalue weighted by Gasteiger charge is -2.10. The van der Waals surface area contributed by atoms with E-state index in [2.05, 4.69) is 26.6 Å². The van der Waals surface area contributed by atoms with Gasteiger partial charge >= 0.3 is 12.3 Å². The van der Waals surface area contributed by atoms with Gasteiger partial charge in [-0.3, -0.25) is 14.4 Å². The number of alkyl halides is 3. The van der Waals surface area contributed by atoms with E-state index in [4.69, 9.17) is 5.11 Å². The Morgan fingerprint density at radius 1 is 1.36 bits per heavy atom. The third-order valence-electron chi connectivity index (χ3n) is 3.05. The molecule has 0 amide bonds. The van der Waals surface area contributed by atoms with E-state index in [1.165, 1.54) is 22.9 Å². The summed E-state index contributed by atoms with van der Waals surface area (Å²) in [5, 5.41) is 16.5. The van der Waals surface area contributed by atoms with Crippen LogP contribution in [0.1, 0.15) is 17.2 Å². The molecule has 1 N–H and O–H groups in total. The Kier molecular flexibility index (Phi) is 5.20. The molecule has 1 aromatic carbocycles. The van der Waals surface area contributed by atoms with Crippen molar-refractivity contribution < 1.29 is 27.8 Å². The third-order valence-corrected chi connectivity index (χ3v) is 3.05. The zero-order chi connectivity index (χ0) is 18.6. The summed E-state index contributed by atoms with van der Waals surface area (Å²) in [5.74, 6) is -0.840. The van der Waals surface area contributed by atoms with E-state index in [1.54, 1.807) is 6.92 Å². The highest BCUT2D eigenvalue weighted by atomic mass is 19.4. The van der Waals surface area contributed by atoms with Gasteiger partial charge in [0.25, 0.3) is 0 Å². The summed E-state index contributed by atoms with van der Waals surface area (Å²) in [4.78, 5) is 14.7. The Morgan fingerprint density at radius 2 is 2.00 bits per heavy atom. The first-order valence-corrected chi connectivity index (χ1v) is 6.86. The number of aromatic nitrogens is 3. The summed E-state index contributed by atoms with van der Waals surface area (Å²) >= 11 is 0. The second-order valence-electron chi connectivity index (χ2n) is 4.85. The molecule has 25 heavy (non-hydrogen) atoms. The summed E-state index contributed by atoms with van der Waals surface area (Å²) in [6.07, 6.45) is -3.66. The first kappa shape index (κ1) is 18.2. The zero-order valence-electron chi connectivity index (χ0n) is 13.0. The van der Waals surface area contributed by atoms with Crippen molar-refractivity contribution in [3.05, 3.63) is 41.5 Å². The van der Waals surface area contributed by atoms with Gasteiger partial charge in [0.2, 0.25) is 0 Å². The van der Waals surface area contributed by atoms with Gasteiger partial charge in [0.05, 0.1) is 5.70 Å². The minimum atomic E-state index is -4.78. The largest absolute Gasteiger partial charge is 0.573 e. The fourth-order valence-electron chi connectivity index (χ4n) is 1.99. The molecule has 0 radical (unpaired) electrons. The number of aryl methyl sites for hydroxylation is 1. The van der Waals surface area contributed by atoms with E-state index in [-0.39, 0.29) is 18.0 Å². The number of carboxylic acids is 1. The molecule has 0 spiro atoms. The lowest BCUT2D eigenvalue weighted by molar-refractivity contribution is -0.274. The van der Waals surface area contributed by atoms with Gasteiger partial charge in [-0.1, -0.05) is 0 Å². The van der Waals surface area contributed by atoms with Crippen molar-refractivity contribution in [3.63, 3.8) is 0 Å². The van der Waals surface area contributed by atoms with Gasteiger partial charge in [0.1, 0.15) is 23.8 Å². The van der Waals surface area contributed by atoms with Crippen LogP contribution in [0.4, 0.5) is 13.2 Å². The second-order valence-corrected chi connectivity index (χ2v) is 4.85. The highest BCUT2D eigenvalue weighted by Crippen LogP contribution is 2.25. The molecule has 2 rings (SSSR count). The molecule has 0 aliphatic rings. The van der Waals surface area contributed by atoms with Gasteiger partial charge in [-0.25, -0.2) is 0 Å². The number of aliphatic carboxylic acids is 1. The van der Waals surface area contributed by atoms with Crippen LogP contribution in [0.5, 0.6) is 5.75 Å². The Bertz CT molecular complexity index is 810. The van der Waals surface area contributed by atoms with Crippen molar-refractivity contribution in [1.82, 2.24) is 14.8 Å². The Balaban J connectivity index is 2.34. The summed E-state index contributed by atoms with van der Waals surface area (Å²) in [6, 6.07) is 5.02. The SMILES string of the molecule is C=N/C(=C\n1c(C)nnc1CC(=O)O)c1ccc(OC(F)(F)F)cc1. The topological polar surface area (TPSA) is 89.6 Å². The van der Waals surface area contributed by atoms with Crippen LogP contribution in [0.3, 0.4) is 0 Å². The molecule has 0 aliphatic heterocycles. The average Bonchev–Trinajstić information content (AvgIpc) is 2.84. The van der Waals surface area contributed by atoms with E-state index in [9.17, 15) is 18.0 Å². The molecule has 7 nitrogen and oxygen atoms in total. The number of benzene rings is 1. The van der Waals surface area contributed by atoms with E-state index >= 15 is 0 Å². The first-order chi connectivity index (χ1) is 11.7. The van der Waals surface area contributed by atoms with Crippen LogP contribution in [0.2, 0.25) is 0 Å². The van der Waals surface area contributed by atoms with Crippen LogP contribution in [-0.2, 0) is 11.2 Å². The monoisotopic (exact) mass is 354 g/mol. The summed E-state index contributed by atoms with van der Waals surface area (Å²) in [7, 11) is 0. The van der Waals surface area contributed by atoms with Crippen molar-refractivity contribution in [2.45, 2.75) is 19.7 Å². The highest BCUT2D eigenvalue weighted by Gasteiger charge is 2.31. The predicted molar refractivity (Wildman–Crippen MR) is 82.9 cm³/mol. The van der Waals surface area contributed by atoms with Crippen LogP contribution in [0.25, 0.3) is 11.9 Å². The summed E-state index contributed by atoms with van der Waals surface area (Å²) in [6.45, 7) is 5.04. The summed E-state index contributed by atoms with van der Waals surface area (Å²) < 4.78 is 41.8. The van der Waals surface area contributed by atoms with Crippen LogP contribution in [0, 0.1) is 6.92 Å². The van der Waals surface area contributed by atoms with E-state index in [1.807, 2.05) is 0 Å². The second kappa shape index (κ2) is 7.16. The third kappa shape index (κ3) is 4.90. The number of rotatable bonds is 6. The molecule has 0 aliphatic carbocycles. The average molecular weight is 354 g/mol. The van der Waals surface area contributed by atoms with Gasteiger partial charge < -0.3 is 9.84 Å². The number of carbonyl (C=O) groups is 1. The molecule has 0 fully saturated rings. The molecule has 1 heterocycles. The highest BCUT2D eigenvalue weighted by molar-refractivity contribution is 5.78. The summed E-state index contributed by atoms with van der Waals surface area (Å²) in [5.41, 5.74) is 0.756. The molecule has 0 unspecified atom stereocenters. The normalized spacial score (nSPS) is 12.1. The first-order valence-electron chi connectivity index (χ1n) is 6.86. The Hall–Kier alpha value is -3.17. The van der Waals surface area contributed by atoms with Gasteiger partial charge in [0, 0.05) is 11.8 Å². The molecule has 0 saturated carbocycles. The number of nitrogens with zero attached hydrogens (tertiary/aromatic N) is 4. The van der Waals surface area contributed by atoms with Crippen molar-refractivity contribution in [2.75, 3.05) is 0 Å². The predicted octanol–water partition coefficient (Wildman–Crippen LogP) is 2.77. The van der Waals surface area contributed by atoms with Crippen LogP contribution >= 0.6 is 0 Å². The Morgan fingerprint density at radius 3 is 2.52 bits per heavy atom. The van der Waals surface area contributed by atoms with Crippen molar-refractivity contribution in [2.24, 2.45) is 4.99 Å². The van der Waals surface area contributed by atoms with E-state index in [0.29, 0.717) is 17.1 Å².